The highest BCUT2D eigenvalue weighted by molar-refractivity contribution is 9.11. The quantitative estimate of drug-likeness (QED) is 0.835. The van der Waals surface area contributed by atoms with Gasteiger partial charge < -0.3 is 15.0 Å². The molecule has 0 radical (unpaired) electrons. The second kappa shape index (κ2) is 7.08. The van der Waals surface area contributed by atoms with Gasteiger partial charge in [-0.05, 0) is 40.5 Å². The van der Waals surface area contributed by atoms with Crippen LogP contribution in [0, 0.1) is 0 Å². The first kappa shape index (κ1) is 15.3. The van der Waals surface area contributed by atoms with Gasteiger partial charge in [0.2, 0.25) is 5.91 Å². The van der Waals surface area contributed by atoms with Gasteiger partial charge in [0.25, 0.3) is 5.91 Å². The first-order valence-corrected chi connectivity index (χ1v) is 7.77. The van der Waals surface area contributed by atoms with E-state index in [0.717, 1.165) is 15.4 Å². The first-order chi connectivity index (χ1) is 9.56. The zero-order valence-corrected chi connectivity index (χ0v) is 13.9. The third-order valence-corrected chi connectivity index (χ3v) is 3.97. The highest BCUT2D eigenvalue weighted by Gasteiger charge is 2.20. The molecule has 5 nitrogen and oxygen atoms in total. The molecule has 2 amide bonds. The maximum absolute atomic E-state index is 12.0. The highest BCUT2D eigenvalue weighted by Crippen LogP contribution is 2.28. The fourth-order valence-corrected chi connectivity index (χ4v) is 3.00. The minimum atomic E-state index is -0.183. The number of carbonyl (C=O) groups excluding carboxylic acids is 2. The van der Waals surface area contributed by atoms with Gasteiger partial charge in [-0.3, -0.25) is 9.59 Å². The second-order valence-corrected chi connectivity index (χ2v) is 6.15. The van der Waals surface area contributed by atoms with E-state index in [1.807, 2.05) is 12.1 Å². The molecule has 1 aliphatic rings. The molecule has 7 heteroatoms. The fourth-order valence-electron chi connectivity index (χ4n) is 1.84. The minimum Gasteiger partial charge on any atom is -0.483 e. The van der Waals surface area contributed by atoms with Crippen molar-refractivity contribution in [3.05, 3.63) is 27.1 Å². The molecule has 1 fully saturated rings. The summed E-state index contributed by atoms with van der Waals surface area (Å²) in [5.74, 6) is 0.290. The summed E-state index contributed by atoms with van der Waals surface area (Å²) in [6.45, 7) is 1.21. The summed E-state index contributed by atoms with van der Waals surface area (Å²) in [6, 6.07) is 5.46. The summed E-state index contributed by atoms with van der Waals surface area (Å²) in [6.07, 6.45) is 0.763. The number of nitrogens with one attached hydrogen (secondary N) is 1. The van der Waals surface area contributed by atoms with Crippen LogP contribution in [-0.4, -0.2) is 43.0 Å². The predicted octanol–water partition coefficient (Wildman–Crippen LogP) is 1.94. The number of nitrogens with zero attached hydrogens (tertiary/aromatic N) is 1. The van der Waals surface area contributed by atoms with Gasteiger partial charge in [-0.1, -0.05) is 15.9 Å². The zero-order chi connectivity index (χ0) is 14.5. The van der Waals surface area contributed by atoms with E-state index < -0.39 is 0 Å². The molecule has 1 aliphatic heterocycles. The van der Waals surface area contributed by atoms with Crippen molar-refractivity contribution in [2.75, 3.05) is 26.2 Å². The Hall–Kier alpha value is -1.08. The summed E-state index contributed by atoms with van der Waals surface area (Å²) in [4.78, 5) is 25.0. The summed E-state index contributed by atoms with van der Waals surface area (Å²) >= 11 is 6.72. The smallest absolute Gasteiger partial charge is 0.260 e. The van der Waals surface area contributed by atoms with Crippen LogP contribution in [0.4, 0.5) is 0 Å². The van der Waals surface area contributed by atoms with Crippen molar-refractivity contribution in [1.82, 2.24) is 10.2 Å². The van der Waals surface area contributed by atoms with Gasteiger partial charge in [0, 0.05) is 17.6 Å². The third kappa shape index (κ3) is 4.21. The predicted molar refractivity (Wildman–Crippen MR) is 81.5 cm³/mol. The molecule has 2 rings (SSSR count). The van der Waals surface area contributed by atoms with Crippen LogP contribution in [0.15, 0.2) is 27.1 Å². The van der Waals surface area contributed by atoms with Crippen LogP contribution >= 0.6 is 31.9 Å². The lowest BCUT2D eigenvalue weighted by atomic mass is 10.3. The molecule has 1 heterocycles. The van der Waals surface area contributed by atoms with Crippen LogP contribution < -0.4 is 10.1 Å². The number of hydrogen-bond donors (Lipinski definition) is 1. The number of amides is 2. The van der Waals surface area contributed by atoms with Crippen molar-refractivity contribution in [3.63, 3.8) is 0 Å². The van der Waals surface area contributed by atoms with Gasteiger partial charge in [0.15, 0.2) is 6.61 Å². The lowest BCUT2D eigenvalue weighted by Crippen LogP contribution is -2.39. The molecule has 0 atom stereocenters. The molecule has 0 aromatic heterocycles. The molecule has 0 aliphatic carbocycles. The van der Waals surface area contributed by atoms with Crippen molar-refractivity contribution < 1.29 is 14.3 Å². The average molecular weight is 406 g/mol. The monoisotopic (exact) mass is 404 g/mol. The molecule has 108 valence electrons. The summed E-state index contributed by atoms with van der Waals surface area (Å²) < 4.78 is 7.19. The van der Waals surface area contributed by atoms with Crippen LogP contribution in [0.2, 0.25) is 0 Å². The van der Waals surface area contributed by atoms with Gasteiger partial charge in [0.05, 0.1) is 11.0 Å². The molecular formula is C13H14Br2N2O3. The average Bonchev–Trinajstić information content (AvgIpc) is 2.62. The van der Waals surface area contributed by atoms with Gasteiger partial charge in [0.1, 0.15) is 5.75 Å². The van der Waals surface area contributed by atoms with Gasteiger partial charge >= 0.3 is 0 Å². The number of benzene rings is 1. The third-order valence-electron chi connectivity index (χ3n) is 2.86. The normalized spacial score (nSPS) is 15.5. The van der Waals surface area contributed by atoms with E-state index in [1.165, 1.54) is 4.90 Å². The molecule has 0 unspecified atom stereocenters. The standard InChI is InChI=1S/C13H14Br2N2O3/c14-9-2-3-11(10(15)6-9)20-8-13(19)17-5-1-4-16-12(18)7-17/h2-3,6H,1,4-5,7-8H2,(H,16,18). The Bertz CT molecular complexity index is 522. The van der Waals surface area contributed by atoms with Crippen LogP contribution in [0.5, 0.6) is 5.75 Å². The number of carbonyl (C=O) groups is 2. The largest absolute Gasteiger partial charge is 0.483 e. The van der Waals surface area contributed by atoms with Crippen molar-refractivity contribution >= 4 is 43.7 Å². The van der Waals surface area contributed by atoms with E-state index in [0.29, 0.717) is 18.8 Å². The molecule has 0 bridgehead atoms. The van der Waals surface area contributed by atoms with E-state index in [-0.39, 0.29) is 25.0 Å². The lowest BCUT2D eigenvalue weighted by Gasteiger charge is -2.19. The number of rotatable bonds is 3. The summed E-state index contributed by atoms with van der Waals surface area (Å²) in [7, 11) is 0. The lowest BCUT2D eigenvalue weighted by molar-refractivity contribution is -0.136. The highest BCUT2D eigenvalue weighted by atomic mass is 79.9. The van der Waals surface area contributed by atoms with E-state index in [9.17, 15) is 9.59 Å². The Morgan fingerprint density at radius 1 is 1.40 bits per heavy atom. The Balaban J connectivity index is 1.92. The summed E-state index contributed by atoms with van der Waals surface area (Å²) in [5, 5.41) is 2.73. The number of ether oxygens (including phenoxy) is 1. The minimum absolute atomic E-state index is 0.0759. The van der Waals surface area contributed by atoms with Crippen molar-refractivity contribution in [1.29, 1.82) is 0 Å². The van der Waals surface area contributed by atoms with E-state index in [4.69, 9.17) is 4.74 Å². The van der Waals surface area contributed by atoms with Gasteiger partial charge in [-0.15, -0.1) is 0 Å². The molecule has 1 aromatic rings. The van der Waals surface area contributed by atoms with Crippen molar-refractivity contribution in [3.8, 4) is 5.75 Å². The second-order valence-electron chi connectivity index (χ2n) is 4.38. The van der Waals surface area contributed by atoms with E-state index >= 15 is 0 Å². The molecule has 1 N–H and O–H groups in total. The maximum atomic E-state index is 12.0. The number of hydrogen-bond acceptors (Lipinski definition) is 3. The van der Waals surface area contributed by atoms with Crippen LogP contribution in [0.3, 0.4) is 0 Å². The topological polar surface area (TPSA) is 58.6 Å². The SMILES string of the molecule is O=C1CN(C(=O)COc2ccc(Br)cc2Br)CCCN1. The van der Waals surface area contributed by atoms with Crippen LogP contribution in [0.1, 0.15) is 6.42 Å². The van der Waals surface area contributed by atoms with Crippen molar-refractivity contribution in [2.45, 2.75) is 6.42 Å². The molecular weight excluding hydrogens is 392 g/mol. The van der Waals surface area contributed by atoms with Gasteiger partial charge in [-0.25, -0.2) is 0 Å². The molecule has 0 spiro atoms. The first-order valence-electron chi connectivity index (χ1n) is 6.18. The molecule has 20 heavy (non-hydrogen) atoms. The Morgan fingerprint density at radius 2 is 2.20 bits per heavy atom. The zero-order valence-electron chi connectivity index (χ0n) is 10.7. The van der Waals surface area contributed by atoms with Gasteiger partial charge in [-0.2, -0.15) is 0 Å². The molecule has 1 aromatic carbocycles. The molecule has 0 saturated carbocycles. The van der Waals surface area contributed by atoms with E-state index in [1.54, 1.807) is 6.07 Å². The Labute approximate surface area is 133 Å². The van der Waals surface area contributed by atoms with E-state index in [2.05, 4.69) is 37.2 Å². The molecule has 1 saturated heterocycles. The van der Waals surface area contributed by atoms with Crippen molar-refractivity contribution in [2.24, 2.45) is 0 Å². The van der Waals surface area contributed by atoms with Crippen LogP contribution in [0.25, 0.3) is 0 Å². The number of halogens is 2. The fraction of sp³-hybridized carbons (Fsp3) is 0.385. The Morgan fingerprint density at radius 3 is 2.95 bits per heavy atom. The maximum Gasteiger partial charge on any atom is 0.260 e. The Kier molecular flexibility index (Phi) is 5.42. The van der Waals surface area contributed by atoms with Crippen LogP contribution in [-0.2, 0) is 9.59 Å². The summed E-state index contributed by atoms with van der Waals surface area (Å²) in [5.41, 5.74) is 0.